The summed E-state index contributed by atoms with van der Waals surface area (Å²) in [5.74, 6) is -0.648. The third-order valence-corrected chi connectivity index (χ3v) is 7.18. The number of halogens is 3. The van der Waals surface area contributed by atoms with Gasteiger partial charge in [0.05, 0.1) is 23.5 Å². The Kier molecular flexibility index (Phi) is 11.9. The van der Waals surface area contributed by atoms with Gasteiger partial charge < -0.3 is 20.5 Å². The lowest BCUT2D eigenvalue weighted by Crippen LogP contribution is -2.44. The van der Waals surface area contributed by atoms with E-state index in [1.165, 1.54) is 12.1 Å². The van der Waals surface area contributed by atoms with Crippen LogP contribution in [0.15, 0.2) is 61.1 Å². The second kappa shape index (κ2) is 15.3. The topological polar surface area (TPSA) is 100.0 Å². The fraction of sp³-hybridized carbons (Fsp3) is 0.400. The summed E-state index contributed by atoms with van der Waals surface area (Å²) in [4.78, 5) is 19.4. The second-order valence-electron chi connectivity index (χ2n) is 9.86. The number of nitrogens with zero attached hydrogens (tertiary/aromatic N) is 4. The van der Waals surface area contributed by atoms with Crippen LogP contribution < -0.4 is 11.1 Å². The largest absolute Gasteiger partial charge is 0.416 e. The molecule has 0 amide bonds. The highest BCUT2D eigenvalue weighted by atomic mass is 32.1. The summed E-state index contributed by atoms with van der Waals surface area (Å²) in [6, 6.07) is 14.7. The molecule has 1 heterocycles. The maximum Gasteiger partial charge on any atom is 0.416 e. The number of nitrogens with two attached hydrogens (primary N) is 1. The molecule has 41 heavy (non-hydrogen) atoms. The number of aromatic nitrogens is 2. The molecular formula is C30H35F3N6OS. The number of hydrogen-bond donors (Lipinski definition) is 2. The molecular weight excluding hydrogens is 549 g/mol. The van der Waals surface area contributed by atoms with Gasteiger partial charge in [-0.25, -0.2) is 4.98 Å². The summed E-state index contributed by atoms with van der Waals surface area (Å²) in [6.45, 7) is 3.36. The number of thiocarbonyl (C=S) groups is 1. The summed E-state index contributed by atoms with van der Waals surface area (Å²) in [7, 11) is 0. The van der Waals surface area contributed by atoms with Crippen molar-refractivity contribution in [3.63, 3.8) is 0 Å². The Morgan fingerprint density at radius 1 is 1.22 bits per heavy atom. The summed E-state index contributed by atoms with van der Waals surface area (Å²) in [5.41, 5.74) is 7.44. The molecule has 0 saturated carbocycles. The van der Waals surface area contributed by atoms with E-state index < -0.39 is 17.7 Å². The fourth-order valence-corrected chi connectivity index (χ4v) is 4.75. The second-order valence-corrected chi connectivity index (χ2v) is 10.2. The average Bonchev–Trinajstić information content (AvgIpc) is 3.38. The first-order chi connectivity index (χ1) is 19.7. The van der Waals surface area contributed by atoms with Crippen LogP contribution in [0, 0.1) is 17.2 Å². The maximum atomic E-state index is 13.7. The summed E-state index contributed by atoms with van der Waals surface area (Å²) >= 11 is 5.60. The Labute approximate surface area is 244 Å². The third-order valence-electron chi connectivity index (χ3n) is 6.78. The number of carbonyl (C=O) groups excluding carboxylic acids is 1. The Morgan fingerprint density at radius 2 is 1.95 bits per heavy atom. The van der Waals surface area contributed by atoms with Crippen LogP contribution in [-0.4, -0.2) is 45.0 Å². The van der Waals surface area contributed by atoms with E-state index in [1.54, 1.807) is 35.6 Å². The standard InChI is InChI=1S/C30H35F3N6OS/c1-2-3-14-37-29(41)38(19-24-6-4-5-7-27(24)30(31,32)33)20-25(12-13-34)28(40)15-26-17-36-21-39(26)18-23-10-8-22(16-35)9-11-23/h4-11,17,21,25H,2-3,12-15,18-20,34H2,1H3,(H,37,41)/t25-/m0/s1. The Balaban J connectivity index is 1.80. The zero-order chi connectivity index (χ0) is 29.8. The number of carbonyl (C=O) groups is 1. The van der Waals surface area contributed by atoms with E-state index in [4.69, 9.17) is 23.2 Å². The van der Waals surface area contributed by atoms with E-state index in [0.717, 1.165) is 24.5 Å². The van der Waals surface area contributed by atoms with Gasteiger partial charge in [0, 0.05) is 50.4 Å². The first-order valence-corrected chi connectivity index (χ1v) is 14.0. The zero-order valence-electron chi connectivity index (χ0n) is 23.0. The first-order valence-electron chi connectivity index (χ1n) is 13.5. The van der Waals surface area contributed by atoms with E-state index >= 15 is 0 Å². The van der Waals surface area contributed by atoms with Crippen molar-refractivity contribution >= 4 is 23.1 Å². The number of benzene rings is 2. The van der Waals surface area contributed by atoms with Gasteiger partial charge in [-0.2, -0.15) is 18.4 Å². The molecule has 0 spiro atoms. The van der Waals surface area contributed by atoms with Crippen molar-refractivity contribution in [2.45, 2.75) is 51.9 Å². The molecule has 3 aromatic rings. The van der Waals surface area contributed by atoms with Crippen LogP contribution in [0.25, 0.3) is 0 Å². The minimum Gasteiger partial charge on any atom is -0.363 e. The molecule has 0 radical (unpaired) electrons. The zero-order valence-corrected chi connectivity index (χ0v) is 23.8. The van der Waals surface area contributed by atoms with E-state index in [-0.39, 0.29) is 37.4 Å². The molecule has 0 aliphatic heterocycles. The van der Waals surface area contributed by atoms with Crippen LogP contribution in [0.3, 0.4) is 0 Å². The highest BCUT2D eigenvalue weighted by Crippen LogP contribution is 2.32. The lowest BCUT2D eigenvalue weighted by Gasteiger charge is -2.30. The number of ketones is 1. The van der Waals surface area contributed by atoms with Crippen molar-refractivity contribution in [3.8, 4) is 6.07 Å². The number of hydrogen-bond acceptors (Lipinski definition) is 5. The van der Waals surface area contributed by atoms with Gasteiger partial charge in [0.2, 0.25) is 0 Å². The van der Waals surface area contributed by atoms with Crippen molar-refractivity contribution in [3.05, 3.63) is 89.0 Å². The van der Waals surface area contributed by atoms with Crippen molar-refractivity contribution in [1.29, 1.82) is 5.26 Å². The molecule has 3 N–H and O–H groups in total. The van der Waals surface area contributed by atoms with Crippen LogP contribution in [0.2, 0.25) is 0 Å². The molecule has 0 saturated heterocycles. The lowest BCUT2D eigenvalue weighted by molar-refractivity contribution is -0.138. The van der Waals surface area contributed by atoms with Crippen LogP contribution in [-0.2, 0) is 30.5 Å². The van der Waals surface area contributed by atoms with E-state index in [2.05, 4.69) is 16.4 Å². The van der Waals surface area contributed by atoms with Gasteiger partial charge in [0.1, 0.15) is 5.78 Å². The predicted octanol–water partition coefficient (Wildman–Crippen LogP) is 5.08. The molecule has 0 unspecified atom stereocenters. The van der Waals surface area contributed by atoms with Crippen molar-refractivity contribution in [1.82, 2.24) is 19.8 Å². The number of alkyl halides is 3. The molecule has 1 aromatic heterocycles. The molecule has 11 heteroatoms. The number of unbranched alkanes of at least 4 members (excludes halogenated alkanes) is 1. The van der Waals surface area contributed by atoms with E-state index in [9.17, 15) is 18.0 Å². The summed E-state index contributed by atoms with van der Waals surface area (Å²) in [6.07, 6.45) is 0.987. The number of Topliss-reactive ketones (excluding diaryl/α,β-unsaturated/α-hetero) is 1. The predicted molar refractivity (Wildman–Crippen MR) is 156 cm³/mol. The fourth-order valence-electron chi connectivity index (χ4n) is 4.51. The minimum absolute atomic E-state index is 0.0825. The van der Waals surface area contributed by atoms with Gasteiger partial charge in [-0.05, 0) is 60.9 Å². The smallest absolute Gasteiger partial charge is 0.363 e. The van der Waals surface area contributed by atoms with Crippen molar-refractivity contribution in [2.24, 2.45) is 11.7 Å². The Bertz CT molecular complexity index is 1330. The number of nitrogens with one attached hydrogen (secondary N) is 1. The number of nitriles is 1. The molecule has 7 nitrogen and oxygen atoms in total. The quantitative estimate of drug-likeness (QED) is 0.202. The van der Waals surface area contributed by atoms with Gasteiger partial charge >= 0.3 is 6.18 Å². The van der Waals surface area contributed by atoms with Gasteiger partial charge in [0.25, 0.3) is 0 Å². The molecule has 3 rings (SSSR count). The normalized spacial score (nSPS) is 12.0. The van der Waals surface area contributed by atoms with E-state index in [1.807, 2.05) is 23.6 Å². The third kappa shape index (κ3) is 9.40. The lowest BCUT2D eigenvalue weighted by atomic mass is 9.95. The highest BCUT2D eigenvalue weighted by molar-refractivity contribution is 7.80. The molecule has 0 bridgehead atoms. The maximum absolute atomic E-state index is 13.7. The minimum atomic E-state index is -4.51. The van der Waals surface area contributed by atoms with E-state index in [0.29, 0.717) is 35.9 Å². The van der Waals surface area contributed by atoms with Crippen LogP contribution in [0.4, 0.5) is 13.2 Å². The van der Waals surface area contributed by atoms with Crippen LogP contribution >= 0.6 is 12.2 Å². The molecule has 218 valence electrons. The highest BCUT2D eigenvalue weighted by Gasteiger charge is 2.34. The monoisotopic (exact) mass is 584 g/mol. The summed E-state index contributed by atoms with van der Waals surface area (Å²) < 4.78 is 43.1. The Hall–Kier alpha value is -3.75. The van der Waals surface area contributed by atoms with Crippen molar-refractivity contribution in [2.75, 3.05) is 19.6 Å². The molecule has 0 aliphatic carbocycles. The van der Waals surface area contributed by atoms with Gasteiger partial charge in [-0.1, -0.05) is 43.7 Å². The van der Waals surface area contributed by atoms with Gasteiger partial charge in [-0.15, -0.1) is 0 Å². The Morgan fingerprint density at radius 3 is 2.61 bits per heavy atom. The van der Waals surface area contributed by atoms with Crippen LogP contribution in [0.5, 0.6) is 0 Å². The molecule has 0 aliphatic rings. The van der Waals surface area contributed by atoms with Crippen LogP contribution in [0.1, 0.15) is 54.1 Å². The van der Waals surface area contributed by atoms with Gasteiger partial charge in [0.15, 0.2) is 5.11 Å². The summed E-state index contributed by atoms with van der Waals surface area (Å²) in [5, 5.41) is 12.5. The first kappa shape index (κ1) is 31.8. The number of imidazole rings is 1. The van der Waals surface area contributed by atoms with Gasteiger partial charge in [-0.3, -0.25) is 4.79 Å². The van der Waals surface area contributed by atoms with Crippen molar-refractivity contribution < 1.29 is 18.0 Å². The number of rotatable bonds is 14. The average molecular weight is 585 g/mol. The molecule has 2 aromatic carbocycles. The molecule has 0 fully saturated rings. The molecule has 1 atom stereocenters. The SMILES string of the molecule is CCCCNC(=S)N(Cc1ccccc1C(F)(F)F)C[C@H](CCN)C(=O)Cc1cncn1Cc1ccc(C#N)cc1.